The van der Waals surface area contributed by atoms with E-state index in [9.17, 15) is 0 Å². The van der Waals surface area contributed by atoms with Gasteiger partial charge in [0.15, 0.2) is 11.5 Å². The van der Waals surface area contributed by atoms with Gasteiger partial charge in [-0.15, -0.1) is 11.3 Å². The molecule has 1 aromatic carbocycles. The molecule has 0 amide bonds. The molecule has 7 heteroatoms. The van der Waals surface area contributed by atoms with Crippen molar-refractivity contribution in [3.63, 3.8) is 0 Å². The van der Waals surface area contributed by atoms with Gasteiger partial charge in [-0.3, -0.25) is 0 Å². The van der Waals surface area contributed by atoms with Crippen LogP contribution in [0.25, 0.3) is 21.3 Å². The van der Waals surface area contributed by atoms with Crippen LogP contribution in [0.2, 0.25) is 5.28 Å². The van der Waals surface area contributed by atoms with E-state index in [4.69, 9.17) is 21.1 Å². The van der Waals surface area contributed by atoms with Crippen molar-refractivity contribution in [1.82, 2.24) is 9.97 Å². The first-order valence-electron chi connectivity index (χ1n) is 9.06. The number of thiophene rings is 1. The normalized spacial score (nSPS) is 17.3. The second-order valence-corrected chi connectivity index (χ2v) is 7.95. The van der Waals surface area contributed by atoms with Gasteiger partial charge in [0.1, 0.15) is 10.6 Å². The Hall–Kier alpha value is -2.05. The van der Waals surface area contributed by atoms with E-state index in [2.05, 4.69) is 27.2 Å². The van der Waals surface area contributed by atoms with Gasteiger partial charge in [-0.05, 0) is 55.5 Å². The summed E-state index contributed by atoms with van der Waals surface area (Å²) >= 11 is 7.85. The van der Waals surface area contributed by atoms with Crippen molar-refractivity contribution in [2.24, 2.45) is 0 Å². The van der Waals surface area contributed by atoms with Crippen LogP contribution in [-0.4, -0.2) is 36.8 Å². The van der Waals surface area contributed by atoms with Crippen LogP contribution >= 0.6 is 22.9 Å². The van der Waals surface area contributed by atoms with Crippen LogP contribution in [-0.2, 0) is 0 Å². The molecule has 4 rings (SSSR count). The van der Waals surface area contributed by atoms with E-state index >= 15 is 0 Å². The summed E-state index contributed by atoms with van der Waals surface area (Å²) in [5.74, 6) is 2.35. The molecule has 1 aliphatic rings. The Bertz CT molecular complexity index is 975. The maximum Gasteiger partial charge on any atom is 0.225 e. The highest BCUT2D eigenvalue weighted by molar-refractivity contribution is 7.17. The molecular formula is C20H22ClN3O2S. The van der Waals surface area contributed by atoms with Crippen LogP contribution in [0.4, 0.5) is 5.82 Å². The molecule has 27 heavy (non-hydrogen) atoms. The maximum absolute atomic E-state index is 6.25. The highest BCUT2D eigenvalue weighted by Crippen LogP contribution is 2.42. The van der Waals surface area contributed by atoms with Gasteiger partial charge in [0, 0.05) is 23.5 Å². The molecule has 0 bridgehead atoms. The van der Waals surface area contributed by atoms with E-state index in [1.54, 1.807) is 25.6 Å². The molecule has 142 valence electrons. The number of rotatable bonds is 4. The topological polar surface area (TPSA) is 47.5 Å². The number of nitrogens with zero attached hydrogens (tertiary/aromatic N) is 3. The zero-order valence-corrected chi connectivity index (χ0v) is 17.2. The van der Waals surface area contributed by atoms with Crippen molar-refractivity contribution in [2.75, 3.05) is 25.7 Å². The fraction of sp³-hybridized carbons (Fsp3) is 0.400. The minimum atomic E-state index is 0.302. The Balaban J connectivity index is 1.90. The molecule has 3 aromatic rings. The molecule has 2 aromatic heterocycles. The minimum absolute atomic E-state index is 0.302. The Morgan fingerprint density at radius 2 is 1.96 bits per heavy atom. The van der Waals surface area contributed by atoms with Gasteiger partial charge in [-0.25, -0.2) is 4.98 Å². The fourth-order valence-electron chi connectivity index (χ4n) is 3.73. The molecule has 1 saturated heterocycles. The smallest absolute Gasteiger partial charge is 0.225 e. The summed E-state index contributed by atoms with van der Waals surface area (Å²) in [6.07, 6.45) is 3.59. The molecule has 1 atom stereocenters. The second-order valence-electron chi connectivity index (χ2n) is 6.75. The number of piperidine rings is 1. The predicted molar refractivity (Wildman–Crippen MR) is 112 cm³/mol. The third kappa shape index (κ3) is 3.32. The summed E-state index contributed by atoms with van der Waals surface area (Å²) in [4.78, 5) is 12.4. The van der Waals surface area contributed by atoms with Crippen molar-refractivity contribution < 1.29 is 9.47 Å². The average Bonchev–Trinajstić information content (AvgIpc) is 3.11. The molecule has 3 heterocycles. The highest BCUT2D eigenvalue weighted by Gasteiger charge is 2.25. The van der Waals surface area contributed by atoms with Gasteiger partial charge in [0.05, 0.1) is 19.6 Å². The third-order valence-electron chi connectivity index (χ3n) is 5.16. The van der Waals surface area contributed by atoms with Crippen molar-refractivity contribution in [3.8, 4) is 22.6 Å². The largest absolute Gasteiger partial charge is 0.493 e. The third-order valence-corrected chi connectivity index (χ3v) is 6.20. The molecule has 0 N–H and O–H groups in total. The molecule has 0 radical (unpaired) electrons. The number of ether oxygens (including phenoxy) is 2. The summed E-state index contributed by atoms with van der Waals surface area (Å²) in [5, 5.41) is 3.48. The van der Waals surface area contributed by atoms with Crippen LogP contribution in [0, 0.1) is 0 Å². The highest BCUT2D eigenvalue weighted by atomic mass is 35.5. The SMILES string of the molecule is COc1ccc(-c2csc3nc(Cl)nc(N4CCCCC4C)c23)cc1OC. The quantitative estimate of drug-likeness (QED) is 0.545. The van der Waals surface area contributed by atoms with Crippen molar-refractivity contribution >= 4 is 39.0 Å². The first-order chi connectivity index (χ1) is 13.1. The Morgan fingerprint density at radius 3 is 2.70 bits per heavy atom. The van der Waals surface area contributed by atoms with Gasteiger partial charge in [-0.2, -0.15) is 4.98 Å². The fourth-order valence-corrected chi connectivity index (χ4v) is 4.89. The molecule has 1 unspecified atom stereocenters. The van der Waals surface area contributed by atoms with E-state index in [1.807, 2.05) is 18.2 Å². The summed E-state index contributed by atoms with van der Waals surface area (Å²) in [6.45, 7) is 3.24. The van der Waals surface area contributed by atoms with E-state index in [0.29, 0.717) is 22.8 Å². The number of hydrogen-bond donors (Lipinski definition) is 0. The number of anilines is 1. The number of benzene rings is 1. The van der Waals surface area contributed by atoms with Gasteiger partial charge in [0.25, 0.3) is 0 Å². The first kappa shape index (κ1) is 18.3. The van der Waals surface area contributed by atoms with Gasteiger partial charge in [-0.1, -0.05) is 6.07 Å². The minimum Gasteiger partial charge on any atom is -0.493 e. The van der Waals surface area contributed by atoms with Gasteiger partial charge in [0.2, 0.25) is 5.28 Å². The van der Waals surface area contributed by atoms with E-state index in [-0.39, 0.29) is 0 Å². The molecule has 5 nitrogen and oxygen atoms in total. The van der Waals surface area contributed by atoms with Crippen LogP contribution in [0.5, 0.6) is 11.5 Å². The number of fused-ring (bicyclic) bond motifs is 1. The zero-order valence-electron chi connectivity index (χ0n) is 15.7. The Kier molecular flexibility index (Phi) is 5.10. The molecular weight excluding hydrogens is 382 g/mol. The number of aromatic nitrogens is 2. The summed E-state index contributed by atoms with van der Waals surface area (Å²) in [7, 11) is 3.29. The Morgan fingerprint density at radius 1 is 1.15 bits per heavy atom. The van der Waals surface area contributed by atoms with Gasteiger partial charge >= 0.3 is 0 Å². The molecule has 1 aliphatic heterocycles. The monoisotopic (exact) mass is 403 g/mol. The second kappa shape index (κ2) is 7.52. The summed E-state index contributed by atoms with van der Waals surface area (Å²) in [6, 6.07) is 6.41. The van der Waals surface area contributed by atoms with E-state index < -0.39 is 0 Å². The number of halogens is 1. The summed E-state index contributed by atoms with van der Waals surface area (Å²) < 4.78 is 10.9. The maximum atomic E-state index is 6.25. The van der Waals surface area contributed by atoms with Gasteiger partial charge < -0.3 is 14.4 Å². The standard InChI is InChI=1S/C20H22ClN3O2S/c1-12-6-4-5-9-24(12)18-17-14(11-27-19(17)23-20(21)22-18)13-7-8-15(25-2)16(10-13)26-3/h7-8,10-12H,4-6,9H2,1-3H3. The lowest BCUT2D eigenvalue weighted by atomic mass is 10.0. The number of methoxy groups -OCH3 is 2. The van der Waals surface area contributed by atoms with Crippen molar-refractivity contribution in [1.29, 1.82) is 0 Å². The van der Waals surface area contributed by atoms with E-state index in [0.717, 1.165) is 33.7 Å². The van der Waals surface area contributed by atoms with Crippen LogP contribution in [0.3, 0.4) is 0 Å². The number of hydrogen-bond acceptors (Lipinski definition) is 6. The lowest BCUT2D eigenvalue weighted by Crippen LogP contribution is -2.38. The molecule has 0 saturated carbocycles. The molecule has 0 spiro atoms. The Labute approximate surface area is 167 Å². The molecule has 1 fully saturated rings. The first-order valence-corrected chi connectivity index (χ1v) is 10.3. The van der Waals surface area contributed by atoms with Crippen molar-refractivity contribution in [3.05, 3.63) is 28.9 Å². The average molecular weight is 404 g/mol. The van der Waals surface area contributed by atoms with Crippen molar-refractivity contribution in [2.45, 2.75) is 32.2 Å². The lowest BCUT2D eigenvalue weighted by Gasteiger charge is -2.35. The van der Waals surface area contributed by atoms with Crippen LogP contribution in [0.15, 0.2) is 23.6 Å². The van der Waals surface area contributed by atoms with Crippen LogP contribution < -0.4 is 14.4 Å². The van der Waals surface area contributed by atoms with E-state index in [1.165, 1.54) is 19.3 Å². The lowest BCUT2D eigenvalue weighted by molar-refractivity contribution is 0.355. The summed E-state index contributed by atoms with van der Waals surface area (Å²) in [5.41, 5.74) is 2.15. The predicted octanol–water partition coefficient (Wildman–Crippen LogP) is 5.41. The van der Waals surface area contributed by atoms with Crippen LogP contribution in [0.1, 0.15) is 26.2 Å². The molecule has 0 aliphatic carbocycles. The zero-order chi connectivity index (χ0) is 19.0.